The normalized spacial score (nSPS) is 9.67. The molecule has 1 aromatic carbocycles. The predicted octanol–water partition coefficient (Wildman–Crippen LogP) is 0.759. The van der Waals surface area contributed by atoms with E-state index < -0.39 is 11.6 Å². The van der Waals surface area contributed by atoms with Crippen LogP contribution >= 0.6 is 0 Å². The summed E-state index contributed by atoms with van der Waals surface area (Å²) in [7, 11) is 2.98. The molecule has 0 aliphatic rings. The molecule has 45 valence electrons. The lowest BCUT2D eigenvalue weighted by Crippen LogP contribution is -2.03. The molecule has 0 nitrogen and oxygen atoms in total. The summed E-state index contributed by atoms with van der Waals surface area (Å²) in [5.41, 5.74) is 0. The average molecular weight is 141 g/mol. The molecule has 0 saturated heterocycles. The van der Waals surface area contributed by atoms with E-state index in [0.717, 1.165) is 6.07 Å². The maximum atomic E-state index is 12.2. The van der Waals surface area contributed by atoms with E-state index in [4.69, 9.17) is 0 Å². The topological polar surface area (TPSA) is 0 Å². The Morgan fingerprint density at radius 3 is 1.78 bits per heavy atom. The van der Waals surface area contributed by atoms with Crippen LogP contribution in [0.1, 0.15) is 0 Å². The molecule has 0 N–H and O–H groups in total. The van der Waals surface area contributed by atoms with Crippen LogP contribution in [0, 0.1) is 11.6 Å². The summed E-state index contributed by atoms with van der Waals surface area (Å²) in [5.74, 6) is -1.14. The zero-order chi connectivity index (χ0) is 6.85. The summed E-state index contributed by atoms with van der Waals surface area (Å²) < 4.78 is 24.3. The van der Waals surface area contributed by atoms with Gasteiger partial charge in [-0.15, -0.1) is 0 Å². The molecule has 1 aromatic rings. The third-order valence-corrected chi connectivity index (χ3v) is 1.15. The average Bonchev–Trinajstić information content (AvgIpc) is 1.59. The highest BCUT2D eigenvalue weighted by atomic mass is 28.1. The highest BCUT2D eigenvalue weighted by Crippen LogP contribution is 1.97. The molecule has 0 atom stereocenters. The van der Waals surface area contributed by atoms with Crippen LogP contribution in [0.2, 0.25) is 0 Å². The van der Waals surface area contributed by atoms with Crippen molar-refractivity contribution in [2.45, 2.75) is 0 Å². The van der Waals surface area contributed by atoms with Gasteiger partial charge in [0.05, 0.1) is 10.2 Å². The van der Waals surface area contributed by atoms with Gasteiger partial charge in [0.15, 0.2) is 0 Å². The summed E-state index contributed by atoms with van der Waals surface area (Å²) in [5, 5.41) is 0.410. The van der Waals surface area contributed by atoms with Crippen LogP contribution in [0.3, 0.4) is 0 Å². The molecule has 0 amide bonds. The molecule has 0 bridgehead atoms. The van der Waals surface area contributed by atoms with E-state index in [1.165, 1.54) is 12.1 Å². The van der Waals surface area contributed by atoms with E-state index >= 15 is 0 Å². The van der Waals surface area contributed by atoms with Gasteiger partial charge in [-0.05, 0) is 12.1 Å². The summed E-state index contributed by atoms with van der Waals surface area (Å²) in [6, 6.07) is 3.21. The van der Waals surface area contributed by atoms with Gasteiger partial charge in [-0.25, -0.2) is 8.78 Å². The lowest BCUT2D eigenvalue weighted by atomic mass is 10.3. The zero-order valence-electron chi connectivity index (χ0n) is 4.49. The van der Waals surface area contributed by atoms with Crippen LogP contribution in [0.4, 0.5) is 8.78 Å². The van der Waals surface area contributed by atoms with Crippen molar-refractivity contribution in [3.05, 3.63) is 29.8 Å². The van der Waals surface area contributed by atoms with Gasteiger partial charge in [-0.3, -0.25) is 0 Å². The van der Waals surface area contributed by atoms with Crippen molar-refractivity contribution in [2.75, 3.05) is 0 Å². The summed E-state index contributed by atoms with van der Waals surface area (Å²) in [4.78, 5) is 0. The number of halogens is 2. The monoisotopic (exact) mass is 141 g/mol. The number of rotatable bonds is 0. The van der Waals surface area contributed by atoms with Gasteiger partial charge in [-0.2, -0.15) is 0 Å². The van der Waals surface area contributed by atoms with E-state index in [1.807, 2.05) is 0 Å². The Bertz CT molecular complexity index is 172. The Morgan fingerprint density at radius 2 is 1.44 bits per heavy atom. The van der Waals surface area contributed by atoms with Crippen molar-refractivity contribution in [3.8, 4) is 0 Å². The van der Waals surface area contributed by atoms with Crippen molar-refractivity contribution in [1.82, 2.24) is 0 Å². The van der Waals surface area contributed by atoms with E-state index in [1.54, 1.807) is 0 Å². The Labute approximate surface area is 54.9 Å². The van der Waals surface area contributed by atoms with Crippen LogP contribution in [-0.4, -0.2) is 10.2 Å². The molecule has 0 fully saturated rings. The smallest absolute Gasteiger partial charge is 0.125 e. The van der Waals surface area contributed by atoms with Crippen molar-refractivity contribution in [2.24, 2.45) is 0 Å². The third kappa shape index (κ3) is 1.60. The standard InChI is InChI=1S/C6H3F2Si/c7-4-1-5(8)3-6(9)2-4/h1-3H. The summed E-state index contributed by atoms with van der Waals surface area (Å²) >= 11 is 0. The van der Waals surface area contributed by atoms with Gasteiger partial charge in [-0.1, -0.05) is 5.19 Å². The Balaban J connectivity index is 3.17. The minimum atomic E-state index is -0.569. The van der Waals surface area contributed by atoms with Crippen LogP contribution in [0.15, 0.2) is 18.2 Å². The molecule has 0 heterocycles. The Morgan fingerprint density at radius 1 is 1.00 bits per heavy atom. The molecule has 0 unspecified atom stereocenters. The highest BCUT2D eigenvalue weighted by molar-refractivity contribution is 6.32. The molecule has 0 aliphatic carbocycles. The second kappa shape index (κ2) is 2.27. The van der Waals surface area contributed by atoms with Crippen LogP contribution in [0.25, 0.3) is 0 Å². The second-order valence-electron chi connectivity index (χ2n) is 1.66. The lowest BCUT2D eigenvalue weighted by molar-refractivity contribution is 0.585. The van der Waals surface area contributed by atoms with Gasteiger partial charge in [0.25, 0.3) is 0 Å². The summed E-state index contributed by atoms with van der Waals surface area (Å²) in [6.07, 6.45) is 0. The number of benzene rings is 1. The first-order chi connectivity index (χ1) is 4.18. The molecule has 0 aliphatic heterocycles. The predicted molar refractivity (Wildman–Crippen MR) is 31.7 cm³/mol. The maximum Gasteiger partial charge on any atom is 0.125 e. The van der Waals surface area contributed by atoms with Crippen molar-refractivity contribution >= 4 is 15.4 Å². The van der Waals surface area contributed by atoms with Gasteiger partial charge in [0, 0.05) is 6.07 Å². The maximum absolute atomic E-state index is 12.2. The SMILES string of the molecule is Fc1cc(F)cc([Si])c1. The Hall–Kier alpha value is -0.703. The minimum absolute atomic E-state index is 0.410. The molecule has 1 rings (SSSR count). The minimum Gasteiger partial charge on any atom is -0.207 e. The highest BCUT2D eigenvalue weighted by Gasteiger charge is 1.93. The van der Waals surface area contributed by atoms with Gasteiger partial charge in [0.2, 0.25) is 0 Å². The number of hydrogen-bond donors (Lipinski definition) is 0. The molecule has 0 aromatic heterocycles. The first-order valence-corrected chi connectivity index (χ1v) is 2.86. The van der Waals surface area contributed by atoms with Crippen LogP contribution < -0.4 is 5.19 Å². The number of hydrogen-bond acceptors (Lipinski definition) is 0. The fraction of sp³-hybridized carbons (Fsp3) is 0. The van der Waals surface area contributed by atoms with Gasteiger partial charge >= 0.3 is 0 Å². The largest absolute Gasteiger partial charge is 0.207 e. The van der Waals surface area contributed by atoms with Gasteiger partial charge < -0.3 is 0 Å². The summed E-state index contributed by atoms with van der Waals surface area (Å²) in [6.45, 7) is 0. The van der Waals surface area contributed by atoms with Crippen molar-refractivity contribution in [3.63, 3.8) is 0 Å². The molecular weight excluding hydrogens is 138 g/mol. The van der Waals surface area contributed by atoms with Crippen LogP contribution in [-0.2, 0) is 0 Å². The fourth-order valence-electron chi connectivity index (χ4n) is 0.554. The molecular formula is C6H3F2Si. The Kier molecular flexibility index (Phi) is 1.62. The molecule has 0 spiro atoms. The van der Waals surface area contributed by atoms with E-state index in [0.29, 0.717) is 5.19 Å². The molecule has 9 heavy (non-hydrogen) atoms. The van der Waals surface area contributed by atoms with Crippen LogP contribution in [0.5, 0.6) is 0 Å². The first-order valence-electron chi connectivity index (χ1n) is 2.36. The van der Waals surface area contributed by atoms with Crippen molar-refractivity contribution in [1.29, 1.82) is 0 Å². The van der Waals surface area contributed by atoms with E-state index in [2.05, 4.69) is 10.2 Å². The molecule has 3 heteroatoms. The lowest BCUT2D eigenvalue weighted by Gasteiger charge is -1.91. The van der Waals surface area contributed by atoms with E-state index in [9.17, 15) is 8.78 Å². The fourth-order valence-corrected chi connectivity index (χ4v) is 0.830. The van der Waals surface area contributed by atoms with Crippen molar-refractivity contribution < 1.29 is 8.78 Å². The zero-order valence-corrected chi connectivity index (χ0v) is 5.49. The second-order valence-corrected chi connectivity index (χ2v) is 2.24. The van der Waals surface area contributed by atoms with E-state index in [-0.39, 0.29) is 0 Å². The molecule has 0 saturated carbocycles. The first kappa shape index (κ1) is 6.42. The molecule has 3 radical (unpaired) electrons. The van der Waals surface area contributed by atoms with Gasteiger partial charge in [0.1, 0.15) is 11.6 Å². The third-order valence-electron chi connectivity index (χ3n) is 0.863. The quantitative estimate of drug-likeness (QED) is 0.468.